The molecule has 0 rings (SSSR count). The predicted octanol–water partition coefficient (Wildman–Crippen LogP) is -1.12. The third-order valence-electron chi connectivity index (χ3n) is 1.21. The first kappa shape index (κ1) is 12.3. The maximum atomic E-state index is 10.9. The summed E-state index contributed by atoms with van der Waals surface area (Å²) >= 11 is 0. The van der Waals surface area contributed by atoms with E-state index in [1.165, 1.54) is 13.8 Å². The van der Waals surface area contributed by atoms with Crippen LogP contribution in [-0.4, -0.2) is 33.9 Å². The van der Waals surface area contributed by atoms with E-state index in [0.29, 0.717) is 0 Å². The van der Waals surface area contributed by atoms with Gasteiger partial charge in [-0.25, -0.2) is 0 Å². The molecule has 0 bridgehead atoms. The van der Waals surface area contributed by atoms with Crippen LogP contribution in [0.2, 0.25) is 0 Å². The van der Waals surface area contributed by atoms with E-state index in [4.69, 9.17) is 9.79 Å². The Labute approximate surface area is 77.2 Å². The van der Waals surface area contributed by atoms with Gasteiger partial charge < -0.3 is 20.4 Å². The highest BCUT2D eigenvalue weighted by Gasteiger charge is 2.13. The van der Waals surface area contributed by atoms with Crippen LogP contribution >= 0.6 is 8.38 Å². The first-order valence-corrected chi connectivity index (χ1v) is 4.96. The first-order chi connectivity index (χ1) is 5.93. The van der Waals surface area contributed by atoms with E-state index in [1.54, 1.807) is 0 Å². The van der Waals surface area contributed by atoms with Crippen LogP contribution in [0.15, 0.2) is 0 Å². The molecule has 0 saturated carbocycles. The highest BCUT2D eigenvalue weighted by Crippen LogP contribution is 2.27. The molecule has 0 spiro atoms. The zero-order chi connectivity index (χ0) is 10.4. The molecule has 0 saturated heterocycles. The van der Waals surface area contributed by atoms with E-state index in [9.17, 15) is 9.59 Å². The normalized spacial score (nSPS) is 12.4. The van der Waals surface area contributed by atoms with Crippen molar-refractivity contribution in [3.05, 3.63) is 0 Å². The van der Waals surface area contributed by atoms with Crippen molar-refractivity contribution in [3.63, 3.8) is 0 Å². The second-order valence-corrected chi connectivity index (χ2v) is 3.89. The first-order valence-electron chi connectivity index (χ1n) is 3.64. The quantitative estimate of drug-likeness (QED) is 0.440. The summed E-state index contributed by atoms with van der Waals surface area (Å²) in [5.74, 6) is -1.44. The van der Waals surface area contributed by atoms with Crippen molar-refractivity contribution in [2.45, 2.75) is 19.6 Å². The minimum absolute atomic E-state index is 0.150. The summed E-state index contributed by atoms with van der Waals surface area (Å²) in [5.41, 5.74) is 0. The second kappa shape index (κ2) is 5.85. The van der Waals surface area contributed by atoms with Crippen LogP contribution in [0.5, 0.6) is 0 Å². The summed E-state index contributed by atoms with van der Waals surface area (Å²) in [6, 6.07) is 0. The molecule has 0 fully saturated rings. The van der Waals surface area contributed by atoms with Crippen molar-refractivity contribution in [1.82, 2.24) is 10.6 Å². The van der Waals surface area contributed by atoms with Gasteiger partial charge in [-0.1, -0.05) is 0 Å². The van der Waals surface area contributed by atoms with Gasteiger partial charge >= 0.3 is 0 Å². The molecule has 0 aliphatic carbocycles. The molecule has 13 heavy (non-hydrogen) atoms. The molecule has 7 heteroatoms. The lowest BCUT2D eigenvalue weighted by atomic mass is 10.5. The topological polar surface area (TPSA) is 98.7 Å². The highest BCUT2D eigenvalue weighted by molar-refractivity contribution is 7.45. The molecule has 0 aromatic carbocycles. The molecule has 4 N–H and O–H groups in total. The summed E-state index contributed by atoms with van der Waals surface area (Å²) in [4.78, 5) is 38.6. The summed E-state index contributed by atoms with van der Waals surface area (Å²) < 4.78 is 0. The van der Waals surface area contributed by atoms with Gasteiger partial charge in [0, 0.05) is 6.92 Å². The molecule has 0 radical (unpaired) electrons. The number of hydrogen-bond acceptors (Lipinski definition) is 4. The van der Waals surface area contributed by atoms with Crippen molar-refractivity contribution in [2.75, 3.05) is 6.54 Å². The molecular weight excluding hydrogens is 195 g/mol. The third kappa shape index (κ3) is 6.45. The fourth-order valence-corrected chi connectivity index (χ4v) is 0.806. The maximum Gasteiger partial charge on any atom is 0.240 e. The molecule has 1 unspecified atom stereocenters. The number of amides is 2. The van der Waals surface area contributed by atoms with E-state index in [-0.39, 0.29) is 12.5 Å². The van der Waals surface area contributed by atoms with Crippen LogP contribution in [0.3, 0.4) is 0 Å². The molecule has 0 aliphatic heterocycles. The molecule has 2 amide bonds. The van der Waals surface area contributed by atoms with Gasteiger partial charge in [-0.2, -0.15) is 0 Å². The lowest BCUT2D eigenvalue weighted by molar-refractivity contribution is -0.125. The lowest BCUT2D eigenvalue weighted by Gasteiger charge is -2.14. The zero-order valence-corrected chi connectivity index (χ0v) is 8.34. The van der Waals surface area contributed by atoms with Gasteiger partial charge in [-0.3, -0.25) is 9.59 Å². The van der Waals surface area contributed by atoms with E-state index < -0.39 is 20.1 Å². The molecule has 0 heterocycles. The molecule has 76 valence electrons. The van der Waals surface area contributed by atoms with E-state index >= 15 is 0 Å². The second-order valence-electron chi connectivity index (χ2n) is 2.47. The van der Waals surface area contributed by atoms with Gasteiger partial charge in [-0.15, -0.1) is 0 Å². The monoisotopic (exact) mass is 208 g/mol. The summed E-state index contributed by atoms with van der Waals surface area (Å²) in [6.07, 6.45) is 0. The minimum Gasteiger partial charge on any atom is -0.349 e. The number of carbonyl (C=O) groups excluding carboxylic acids is 2. The van der Waals surface area contributed by atoms with E-state index in [0.717, 1.165) is 0 Å². The Morgan fingerprint density at radius 2 is 2.00 bits per heavy atom. The minimum atomic E-state index is -2.16. The fraction of sp³-hybridized carbons (Fsp3) is 0.667. The smallest absolute Gasteiger partial charge is 0.240 e. The van der Waals surface area contributed by atoms with Crippen LogP contribution < -0.4 is 10.6 Å². The molecule has 0 aliphatic rings. The molecule has 0 aromatic heterocycles. The van der Waals surface area contributed by atoms with E-state index in [2.05, 4.69) is 10.6 Å². The molecule has 0 aromatic rings. The number of carbonyl (C=O) groups is 2. The van der Waals surface area contributed by atoms with Gasteiger partial charge in [0.05, 0.1) is 12.3 Å². The highest BCUT2D eigenvalue weighted by atomic mass is 31.2. The Bertz CT molecular complexity index is 197. The SMILES string of the molecule is CC(=O)NCC(=O)NC(C)P(O)O. The van der Waals surface area contributed by atoms with Crippen molar-refractivity contribution in [1.29, 1.82) is 0 Å². The number of rotatable bonds is 4. The average Bonchev–Trinajstić information content (AvgIpc) is 2.00. The zero-order valence-electron chi connectivity index (χ0n) is 7.44. The molecule has 6 nitrogen and oxygen atoms in total. The van der Waals surface area contributed by atoms with Crippen molar-refractivity contribution in [2.24, 2.45) is 0 Å². The molecular formula is C6H13N2O4P. The van der Waals surface area contributed by atoms with Crippen LogP contribution in [0.1, 0.15) is 13.8 Å². The number of nitrogens with one attached hydrogen (secondary N) is 2. The van der Waals surface area contributed by atoms with Gasteiger partial charge in [-0.05, 0) is 6.92 Å². The fourth-order valence-electron chi connectivity index (χ4n) is 0.547. The Balaban J connectivity index is 3.68. The predicted molar refractivity (Wildman–Crippen MR) is 47.6 cm³/mol. The van der Waals surface area contributed by atoms with Crippen LogP contribution in [0.4, 0.5) is 0 Å². The Morgan fingerprint density at radius 3 is 2.38 bits per heavy atom. The summed E-state index contributed by atoms with van der Waals surface area (Å²) in [6.45, 7) is 2.61. The Hall–Kier alpha value is -0.710. The lowest BCUT2D eigenvalue weighted by Crippen LogP contribution is -2.39. The standard InChI is InChI=1S/C6H13N2O4P/c1-4(9)7-3-6(10)8-5(2)13(11)12/h5,11-12H,3H2,1-2H3,(H,7,9)(H,8,10). The van der Waals surface area contributed by atoms with Crippen LogP contribution in [0, 0.1) is 0 Å². The van der Waals surface area contributed by atoms with Gasteiger partial charge in [0.25, 0.3) is 0 Å². The summed E-state index contributed by atoms with van der Waals surface area (Å²) in [5, 5.41) is 4.59. The van der Waals surface area contributed by atoms with Gasteiger partial charge in [0.15, 0.2) is 8.38 Å². The van der Waals surface area contributed by atoms with Crippen molar-refractivity contribution in [3.8, 4) is 0 Å². The van der Waals surface area contributed by atoms with Crippen LogP contribution in [-0.2, 0) is 9.59 Å². The van der Waals surface area contributed by atoms with Gasteiger partial charge in [0.1, 0.15) is 0 Å². The van der Waals surface area contributed by atoms with Crippen LogP contribution in [0.25, 0.3) is 0 Å². The van der Waals surface area contributed by atoms with Gasteiger partial charge in [0.2, 0.25) is 11.8 Å². The third-order valence-corrected chi connectivity index (χ3v) is 2.04. The Morgan fingerprint density at radius 1 is 1.46 bits per heavy atom. The molecule has 1 atom stereocenters. The number of hydrogen-bond donors (Lipinski definition) is 4. The maximum absolute atomic E-state index is 10.9. The van der Waals surface area contributed by atoms with E-state index in [1.807, 2.05) is 0 Å². The van der Waals surface area contributed by atoms with Crippen molar-refractivity contribution < 1.29 is 19.4 Å². The average molecular weight is 208 g/mol. The largest absolute Gasteiger partial charge is 0.349 e. The summed E-state index contributed by atoms with van der Waals surface area (Å²) in [7, 11) is -2.16. The van der Waals surface area contributed by atoms with Crippen molar-refractivity contribution >= 4 is 20.2 Å². The Kier molecular flexibility index (Phi) is 5.53.